The molecule has 1 saturated heterocycles. The number of rotatable bonds is 6. The van der Waals surface area contributed by atoms with Crippen molar-refractivity contribution < 1.29 is 22.7 Å². The molecule has 0 atom stereocenters. The number of anilines is 2. The van der Waals surface area contributed by atoms with Crippen LogP contribution < -0.4 is 14.4 Å². The number of imidazole rings is 1. The lowest BCUT2D eigenvalue weighted by Crippen LogP contribution is -2.28. The Kier molecular flexibility index (Phi) is 5.25. The number of carbonyl (C=O) groups is 2. The highest BCUT2D eigenvalue weighted by Gasteiger charge is 2.30. The molecule has 0 aliphatic carbocycles. The smallest absolute Gasteiger partial charge is 0.262 e. The third-order valence-electron chi connectivity index (χ3n) is 5.43. The molecule has 11 heteroatoms. The van der Waals surface area contributed by atoms with Gasteiger partial charge in [-0.3, -0.25) is 23.6 Å². The van der Waals surface area contributed by atoms with Crippen molar-refractivity contribution in [1.29, 1.82) is 0 Å². The van der Waals surface area contributed by atoms with E-state index in [1.165, 1.54) is 31.4 Å². The van der Waals surface area contributed by atoms with Gasteiger partial charge in [0.1, 0.15) is 5.75 Å². The van der Waals surface area contributed by atoms with Crippen LogP contribution >= 0.6 is 0 Å². The lowest BCUT2D eigenvalue weighted by Gasteiger charge is -2.15. The molecular weight excluding hydrogens is 458 g/mol. The first kappa shape index (κ1) is 21.6. The zero-order valence-electron chi connectivity index (χ0n) is 18.0. The molecule has 10 nitrogen and oxygen atoms in total. The normalized spacial score (nSPS) is 14.1. The molecule has 34 heavy (non-hydrogen) atoms. The van der Waals surface area contributed by atoms with Crippen LogP contribution in [0.2, 0.25) is 0 Å². The number of nitrogens with one attached hydrogen (secondary N) is 1. The Morgan fingerprint density at radius 1 is 1.03 bits per heavy atom. The van der Waals surface area contributed by atoms with Gasteiger partial charge in [-0.15, -0.1) is 0 Å². The summed E-state index contributed by atoms with van der Waals surface area (Å²) in [6, 6.07) is 12.4. The predicted octanol–water partition coefficient (Wildman–Crippen LogP) is 2.86. The molecule has 5 rings (SSSR count). The van der Waals surface area contributed by atoms with Gasteiger partial charge in [0.15, 0.2) is 0 Å². The number of nitrogens with zero attached hydrogens (tertiary/aromatic N) is 4. The third kappa shape index (κ3) is 3.86. The molecule has 172 valence electrons. The SMILES string of the molecule is COc1ccc(-c2cn3cccnc3n2)cc1NS(=O)(=O)c1ccc(N2C(=O)CCC2=O)cc1. The number of amides is 2. The van der Waals surface area contributed by atoms with Crippen LogP contribution in [0.25, 0.3) is 17.0 Å². The molecule has 0 saturated carbocycles. The number of fused-ring (bicyclic) bond motifs is 1. The van der Waals surface area contributed by atoms with Crippen LogP contribution in [-0.2, 0) is 19.6 Å². The van der Waals surface area contributed by atoms with Gasteiger partial charge in [0.05, 0.1) is 29.1 Å². The Labute approximate surface area is 194 Å². The molecule has 0 bridgehead atoms. The molecule has 2 aromatic carbocycles. The molecule has 1 N–H and O–H groups in total. The van der Waals surface area contributed by atoms with Crippen molar-refractivity contribution in [2.45, 2.75) is 17.7 Å². The highest BCUT2D eigenvalue weighted by Crippen LogP contribution is 2.32. The molecule has 0 spiro atoms. The van der Waals surface area contributed by atoms with Crippen LogP contribution in [0.4, 0.5) is 11.4 Å². The number of hydrogen-bond acceptors (Lipinski definition) is 7. The van der Waals surface area contributed by atoms with Gasteiger partial charge in [0.25, 0.3) is 10.0 Å². The summed E-state index contributed by atoms with van der Waals surface area (Å²) in [6.45, 7) is 0. The number of benzene rings is 2. The summed E-state index contributed by atoms with van der Waals surface area (Å²) in [5, 5.41) is 0. The largest absolute Gasteiger partial charge is 0.495 e. The fourth-order valence-corrected chi connectivity index (χ4v) is 4.82. The molecule has 4 aromatic rings. The van der Waals surface area contributed by atoms with Crippen molar-refractivity contribution in [3.63, 3.8) is 0 Å². The second-order valence-corrected chi connectivity index (χ2v) is 9.27. The molecule has 2 aromatic heterocycles. The van der Waals surface area contributed by atoms with Crippen molar-refractivity contribution in [2.75, 3.05) is 16.7 Å². The number of sulfonamides is 1. The fourth-order valence-electron chi connectivity index (χ4n) is 3.76. The Bertz CT molecular complexity index is 1480. The highest BCUT2D eigenvalue weighted by molar-refractivity contribution is 7.92. The van der Waals surface area contributed by atoms with E-state index in [0.717, 1.165) is 4.90 Å². The van der Waals surface area contributed by atoms with Crippen LogP contribution in [0, 0.1) is 0 Å². The van der Waals surface area contributed by atoms with E-state index in [2.05, 4.69) is 14.7 Å². The summed E-state index contributed by atoms with van der Waals surface area (Å²) in [7, 11) is -2.55. The molecule has 1 fully saturated rings. The van der Waals surface area contributed by atoms with Crippen LogP contribution in [0.1, 0.15) is 12.8 Å². The van der Waals surface area contributed by atoms with E-state index >= 15 is 0 Å². The summed E-state index contributed by atoms with van der Waals surface area (Å²) in [4.78, 5) is 33.6. The molecular formula is C23H19N5O5S. The minimum Gasteiger partial charge on any atom is -0.495 e. The van der Waals surface area contributed by atoms with E-state index in [1.807, 2.05) is 6.20 Å². The zero-order valence-corrected chi connectivity index (χ0v) is 18.8. The summed E-state index contributed by atoms with van der Waals surface area (Å²) >= 11 is 0. The van der Waals surface area contributed by atoms with E-state index in [1.54, 1.807) is 41.1 Å². The maximum absolute atomic E-state index is 13.1. The van der Waals surface area contributed by atoms with Gasteiger partial charge in [-0.1, -0.05) is 0 Å². The van der Waals surface area contributed by atoms with Gasteiger partial charge < -0.3 is 4.74 Å². The summed E-state index contributed by atoms with van der Waals surface area (Å²) in [6.07, 6.45) is 5.55. The number of methoxy groups -OCH3 is 1. The van der Waals surface area contributed by atoms with Crippen LogP contribution in [0.5, 0.6) is 5.75 Å². The number of imide groups is 1. The van der Waals surface area contributed by atoms with Crippen molar-refractivity contribution in [3.05, 3.63) is 67.1 Å². The number of hydrogen-bond donors (Lipinski definition) is 1. The second-order valence-electron chi connectivity index (χ2n) is 7.59. The van der Waals surface area contributed by atoms with Crippen LogP contribution in [-0.4, -0.2) is 41.7 Å². The Morgan fingerprint density at radius 3 is 2.44 bits per heavy atom. The average Bonchev–Trinajstić information content (AvgIpc) is 3.41. The Balaban J connectivity index is 1.45. The monoisotopic (exact) mass is 477 g/mol. The molecule has 2 amide bonds. The topological polar surface area (TPSA) is 123 Å². The summed E-state index contributed by atoms with van der Waals surface area (Å²) < 4.78 is 35.8. The zero-order chi connectivity index (χ0) is 23.9. The Hall–Kier alpha value is -4.25. The Morgan fingerprint density at radius 2 is 1.76 bits per heavy atom. The van der Waals surface area contributed by atoms with Gasteiger partial charge in [-0.2, -0.15) is 0 Å². The summed E-state index contributed by atoms with van der Waals surface area (Å²) in [5.74, 6) is 0.245. The molecule has 1 aliphatic heterocycles. The van der Waals surface area contributed by atoms with E-state index in [4.69, 9.17) is 4.74 Å². The van der Waals surface area contributed by atoms with Crippen LogP contribution in [0.3, 0.4) is 0 Å². The highest BCUT2D eigenvalue weighted by atomic mass is 32.2. The van der Waals surface area contributed by atoms with Crippen molar-refractivity contribution in [3.8, 4) is 17.0 Å². The lowest BCUT2D eigenvalue weighted by molar-refractivity contribution is -0.121. The minimum absolute atomic E-state index is 0.0280. The van der Waals surface area contributed by atoms with Crippen molar-refractivity contribution in [2.24, 2.45) is 0 Å². The lowest BCUT2D eigenvalue weighted by atomic mass is 10.1. The first-order chi connectivity index (χ1) is 16.4. The second kappa shape index (κ2) is 8.27. The van der Waals surface area contributed by atoms with Gasteiger partial charge in [-0.05, 0) is 48.5 Å². The maximum atomic E-state index is 13.1. The first-order valence-corrected chi connectivity index (χ1v) is 11.8. The minimum atomic E-state index is -3.99. The molecule has 0 radical (unpaired) electrons. The third-order valence-corrected chi connectivity index (χ3v) is 6.81. The van der Waals surface area contributed by atoms with Gasteiger partial charge in [0, 0.05) is 37.0 Å². The molecule has 1 aliphatic rings. The van der Waals surface area contributed by atoms with E-state index < -0.39 is 10.0 Å². The first-order valence-electron chi connectivity index (χ1n) is 10.3. The van der Waals surface area contributed by atoms with E-state index in [9.17, 15) is 18.0 Å². The van der Waals surface area contributed by atoms with E-state index in [0.29, 0.717) is 28.5 Å². The molecule has 0 unspecified atom stereocenters. The maximum Gasteiger partial charge on any atom is 0.262 e. The quantitative estimate of drug-likeness (QED) is 0.424. The fraction of sp³-hybridized carbons (Fsp3) is 0.130. The van der Waals surface area contributed by atoms with Crippen molar-refractivity contribution >= 4 is 39.0 Å². The summed E-state index contributed by atoms with van der Waals surface area (Å²) in [5.41, 5.74) is 1.86. The van der Waals surface area contributed by atoms with Gasteiger partial charge >= 0.3 is 0 Å². The van der Waals surface area contributed by atoms with E-state index in [-0.39, 0.29) is 35.2 Å². The average molecular weight is 478 g/mol. The number of carbonyl (C=O) groups excluding carboxylic acids is 2. The standard InChI is InChI=1S/C23H19N5O5S/c1-33-20-8-3-15(19-14-27-12-2-11-24-23(27)25-19)13-18(20)26-34(31,32)17-6-4-16(5-7-17)28-21(29)9-10-22(28)30/h2-8,11-14,26H,9-10H2,1H3. The number of ether oxygens (including phenoxy) is 1. The predicted molar refractivity (Wildman–Crippen MR) is 124 cm³/mol. The van der Waals surface area contributed by atoms with Crippen molar-refractivity contribution in [1.82, 2.24) is 14.4 Å². The van der Waals surface area contributed by atoms with Gasteiger partial charge in [0.2, 0.25) is 17.6 Å². The molecule has 3 heterocycles. The van der Waals surface area contributed by atoms with Crippen LogP contribution in [0.15, 0.2) is 72.0 Å². The number of aromatic nitrogens is 3. The van der Waals surface area contributed by atoms with Gasteiger partial charge in [-0.25, -0.2) is 18.4 Å².